The zero-order valence-corrected chi connectivity index (χ0v) is 11.4. The Kier molecular flexibility index (Phi) is 3.47. The third-order valence-electron chi connectivity index (χ3n) is 3.49. The normalized spacial score (nSPS) is 19.1. The number of nitrogens with zero attached hydrogens (tertiary/aromatic N) is 4. The summed E-state index contributed by atoms with van der Waals surface area (Å²) in [6, 6.07) is 5.65. The summed E-state index contributed by atoms with van der Waals surface area (Å²) >= 11 is 0. The molecular formula is C14H17N5O. The van der Waals surface area contributed by atoms with Crippen molar-refractivity contribution in [2.45, 2.75) is 13.0 Å². The van der Waals surface area contributed by atoms with Crippen LogP contribution >= 0.6 is 0 Å². The van der Waals surface area contributed by atoms with Crippen LogP contribution in [-0.2, 0) is 0 Å². The highest BCUT2D eigenvalue weighted by Gasteiger charge is 2.25. The number of nitrogens with one attached hydrogen (secondary N) is 1. The van der Waals surface area contributed by atoms with Crippen LogP contribution in [0.5, 0.6) is 0 Å². The number of aromatic nitrogens is 3. The van der Waals surface area contributed by atoms with Gasteiger partial charge in [-0.1, -0.05) is 0 Å². The van der Waals surface area contributed by atoms with Crippen molar-refractivity contribution in [3.63, 3.8) is 0 Å². The lowest BCUT2D eigenvalue weighted by Crippen LogP contribution is -2.52. The predicted molar refractivity (Wildman–Crippen MR) is 74.7 cm³/mol. The van der Waals surface area contributed by atoms with E-state index in [1.165, 1.54) is 0 Å². The van der Waals surface area contributed by atoms with Gasteiger partial charge in [0, 0.05) is 44.3 Å². The molecule has 1 N–H and O–H groups in total. The Morgan fingerprint density at radius 1 is 1.45 bits per heavy atom. The minimum Gasteiger partial charge on any atom is -0.332 e. The van der Waals surface area contributed by atoms with Crippen LogP contribution < -0.4 is 5.32 Å². The summed E-state index contributed by atoms with van der Waals surface area (Å²) in [6.07, 6.45) is 5.20. The average Bonchev–Trinajstić information content (AvgIpc) is 3.01. The van der Waals surface area contributed by atoms with Crippen molar-refractivity contribution < 1.29 is 4.79 Å². The van der Waals surface area contributed by atoms with Crippen molar-refractivity contribution in [3.05, 3.63) is 42.5 Å². The fourth-order valence-corrected chi connectivity index (χ4v) is 2.39. The van der Waals surface area contributed by atoms with Crippen molar-refractivity contribution in [2.75, 3.05) is 19.6 Å². The SMILES string of the molecule is CC1CNCCN1C(=O)c1cc(-n2cccn2)ccn1. The quantitative estimate of drug-likeness (QED) is 0.873. The second kappa shape index (κ2) is 5.42. The van der Waals surface area contributed by atoms with E-state index in [-0.39, 0.29) is 11.9 Å². The van der Waals surface area contributed by atoms with Crippen LogP contribution in [-0.4, -0.2) is 51.2 Å². The maximum Gasteiger partial charge on any atom is 0.272 e. The number of rotatable bonds is 2. The van der Waals surface area contributed by atoms with Gasteiger partial charge in [-0.05, 0) is 25.1 Å². The third-order valence-corrected chi connectivity index (χ3v) is 3.49. The molecule has 1 fully saturated rings. The highest BCUT2D eigenvalue weighted by Crippen LogP contribution is 2.12. The van der Waals surface area contributed by atoms with Crippen LogP contribution in [0.15, 0.2) is 36.8 Å². The number of hydrogen-bond acceptors (Lipinski definition) is 4. The number of piperazine rings is 1. The van der Waals surface area contributed by atoms with Gasteiger partial charge in [-0.3, -0.25) is 9.78 Å². The van der Waals surface area contributed by atoms with Crippen LogP contribution in [0.3, 0.4) is 0 Å². The molecule has 3 heterocycles. The molecular weight excluding hydrogens is 254 g/mol. The number of carbonyl (C=O) groups is 1. The van der Waals surface area contributed by atoms with Gasteiger partial charge < -0.3 is 10.2 Å². The van der Waals surface area contributed by atoms with Crippen molar-refractivity contribution in [3.8, 4) is 5.69 Å². The predicted octanol–water partition coefficient (Wildman–Crippen LogP) is 0.701. The summed E-state index contributed by atoms with van der Waals surface area (Å²) in [6.45, 7) is 4.41. The molecule has 1 saturated heterocycles. The lowest BCUT2D eigenvalue weighted by molar-refractivity contribution is 0.0649. The van der Waals surface area contributed by atoms with E-state index < -0.39 is 0 Å². The van der Waals surface area contributed by atoms with Gasteiger partial charge in [-0.25, -0.2) is 4.68 Å². The molecule has 0 bridgehead atoms. The maximum atomic E-state index is 12.5. The van der Waals surface area contributed by atoms with Gasteiger partial charge >= 0.3 is 0 Å². The fraction of sp³-hybridized carbons (Fsp3) is 0.357. The molecule has 6 heteroatoms. The van der Waals surface area contributed by atoms with Gasteiger partial charge in [0.1, 0.15) is 5.69 Å². The second-order valence-corrected chi connectivity index (χ2v) is 4.90. The number of hydrogen-bond donors (Lipinski definition) is 1. The molecule has 0 spiro atoms. The molecule has 1 aliphatic rings. The average molecular weight is 271 g/mol. The Hall–Kier alpha value is -2.21. The first-order chi connectivity index (χ1) is 9.75. The van der Waals surface area contributed by atoms with E-state index in [1.54, 1.807) is 23.1 Å². The molecule has 1 atom stereocenters. The monoisotopic (exact) mass is 271 g/mol. The van der Waals surface area contributed by atoms with Gasteiger partial charge in [-0.15, -0.1) is 0 Å². The summed E-state index contributed by atoms with van der Waals surface area (Å²) in [5, 5.41) is 7.44. The number of carbonyl (C=O) groups excluding carboxylic acids is 1. The molecule has 6 nitrogen and oxygen atoms in total. The molecule has 2 aromatic rings. The lowest BCUT2D eigenvalue weighted by atomic mass is 10.2. The van der Waals surface area contributed by atoms with Crippen LogP contribution in [0.2, 0.25) is 0 Å². The lowest BCUT2D eigenvalue weighted by Gasteiger charge is -2.33. The Morgan fingerprint density at radius 2 is 2.35 bits per heavy atom. The van der Waals surface area contributed by atoms with E-state index >= 15 is 0 Å². The van der Waals surface area contributed by atoms with Crippen molar-refractivity contribution >= 4 is 5.91 Å². The standard InChI is InChI=1S/C14H17N5O/c1-11-10-15-6-8-18(11)14(20)13-9-12(3-5-16-13)19-7-2-4-17-19/h2-5,7,9,11,15H,6,8,10H2,1H3. The van der Waals surface area contributed by atoms with Crippen LogP contribution in [0.1, 0.15) is 17.4 Å². The van der Waals surface area contributed by atoms with Crippen LogP contribution in [0.25, 0.3) is 5.69 Å². The smallest absolute Gasteiger partial charge is 0.272 e. The first-order valence-electron chi connectivity index (χ1n) is 6.73. The van der Waals surface area contributed by atoms with E-state index in [9.17, 15) is 4.79 Å². The summed E-state index contributed by atoms with van der Waals surface area (Å²) in [5.74, 6) is -0.0204. The molecule has 0 aromatic carbocycles. The summed E-state index contributed by atoms with van der Waals surface area (Å²) < 4.78 is 1.72. The highest BCUT2D eigenvalue weighted by molar-refractivity contribution is 5.93. The molecule has 1 aliphatic heterocycles. The van der Waals surface area contributed by atoms with Crippen molar-refractivity contribution in [1.29, 1.82) is 0 Å². The molecule has 0 aliphatic carbocycles. The Labute approximate surface area is 117 Å². The molecule has 3 rings (SSSR count). The molecule has 0 radical (unpaired) electrons. The maximum absolute atomic E-state index is 12.5. The van der Waals surface area contributed by atoms with E-state index in [0.29, 0.717) is 12.2 Å². The van der Waals surface area contributed by atoms with E-state index in [2.05, 4.69) is 15.4 Å². The van der Waals surface area contributed by atoms with Crippen LogP contribution in [0.4, 0.5) is 0 Å². The van der Waals surface area contributed by atoms with E-state index in [1.807, 2.05) is 30.2 Å². The van der Waals surface area contributed by atoms with Gasteiger partial charge in [0.15, 0.2) is 0 Å². The zero-order valence-electron chi connectivity index (χ0n) is 11.4. The summed E-state index contributed by atoms with van der Waals surface area (Å²) in [5.41, 5.74) is 1.31. The molecule has 1 unspecified atom stereocenters. The van der Waals surface area contributed by atoms with Gasteiger partial charge in [0.2, 0.25) is 0 Å². The fourth-order valence-electron chi connectivity index (χ4n) is 2.39. The largest absolute Gasteiger partial charge is 0.332 e. The summed E-state index contributed by atoms with van der Waals surface area (Å²) in [4.78, 5) is 18.6. The number of pyridine rings is 1. The minimum atomic E-state index is -0.0204. The minimum absolute atomic E-state index is 0.0204. The second-order valence-electron chi connectivity index (χ2n) is 4.90. The Morgan fingerprint density at radius 3 is 3.10 bits per heavy atom. The van der Waals surface area contributed by atoms with Gasteiger partial charge in [0.05, 0.1) is 5.69 Å². The molecule has 104 valence electrons. The van der Waals surface area contributed by atoms with E-state index in [4.69, 9.17) is 0 Å². The van der Waals surface area contributed by atoms with Crippen molar-refractivity contribution in [1.82, 2.24) is 25.0 Å². The molecule has 20 heavy (non-hydrogen) atoms. The number of amides is 1. The van der Waals surface area contributed by atoms with Crippen molar-refractivity contribution in [2.24, 2.45) is 0 Å². The third kappa shape index (κ3) is 2.42. The zero-order chi connectivity index (χ0) is 13.9. The Bertz CT molecular complexity index is 595. The summed E-state index contributed by atoms with van der Waals surface area (Å²) in [7, 11) is 0. The molecule has 1 amide bonds. The topological polar surface area (TPSA) is 63.1 Å². The Balaban J connectivity index is 1.86. The highest BCUT2D eigenvalue weighted by atomic mass is 16.2. The van der Waals surface area contributed by atoms with E-state index in [0.717, 1.165) is 18.8 Å². The molecule has 2 aromatic heterocycles. The molecule has 0 saturated carbocycles. The van der Waals surface area contributed by atoms with Crippen LogP contribution in [0, 0.1) is 0 Å². The van der Waals surface area contributed by atoms with Gasteiger partial charge in [-0.2, -0.15) is 5.10 Å². The van der Waals surface area contributed by atoms with Gasteiger partial charge in [0.25, 0.3) is 5.91 Å². The first-order valence-corrected chi connectivity index (χ1v) is 6.73. The first kappa shape index (κ1) is 12.8.